The number of aromatic hydroxyl groups is 1. The highest BCUT2D eigenvalue weighted by molar-refractivity contribution is 6.07. The number of alkyl halides is 6. The Hall–Kier alpha value is -4.49. The van der Waals surface area contributed by atoms with E-state index in [-0.39, 0.29) is 29.2 Å². The minimum Gasteiger partial charge on any atom is -0.505 e. The van der Waals surface area contributed by atoms with Crippen molar-refractivity contribution in [3.63, 3.8) is 0 Å². The number of carbonyl (C=O) groups is 1. The number of amides is 1. The molecule has 2 heterocycles. The van der Waals surface area contributed by atoms with E-state index in [1.165, 1.54) is 36.4 Å². The first-order chi connectivity index (χ1) is 17.3. The van der Waals surface area contributed by atoms with E-state index in [4.69, 9.17) is 0 Å². The average Bonchev–Trinajstić information content (AvgIpc) is 2.79. The SMILES string of the molecule is O=C(Nc1cccc2ncn(Cc3cccc(F)c3)c(=O)c12)c1cc(C(F)(F)F)c(O)c(C(F)(F)F)n1. The van der Waals surface area contributed by atoms with Crippen molar-refractivity contribution in [2.75, 3.05) is 5.32 Å². The quantitative estimate of drug-likeness (QED) is 0.366. The second kappa shape index (κ2) is 9.19. The van der Waals surface area contributed by atoms with Gasteiger partial charge in [-0.3, -0.25) is 14.2 Å². The van der Waals surface area contributed by atoms with Gasteiger partial charge in [-0.2, -0.15) is 26.3 Å². The van der Waals surface area contributed by atoms with E-state index in [0.29, 0.717) is 5.56 Å². The lowest BCUT2D eigenvalue weighted by molar-refractivity contribution is -0.147. The molecule has 4 aromatic rings. The van der Waals surface area contributed by atoms with Crippen molar-refractivity contribution < 1.29 is 40.6 Å². The molecular weight excluding hydrogens is 513 g/mol. The standard InChI is InChI=1S/C23H13F7N4O3/c24-12-4-1-3-11(7-12)9-34-10-31-14-5-2-6-15(17(14)21(34)37)33-20(36)16-8-13(22(25,26)27)18(35)19(32-16)23(28,29)30/h1-8,10,35H,9H2,(H,33,36). The number of rotatable bonds is 4. The lowest BCUT2D eigenvalue weighted by Crippen LogP contribution is -2.24. The number of benzene rings is 2. The van der Waals surface area contributed by atoms with Crippen molar-refractivity contribution in [2.45, 2.75) is 18.9 Å². The molecule has 192 valence electrons. The molecule has 0 aliphatic carbocycles. The third-order valence-electron chi connectivity index (χ3n) is 5.14. The molecule has 7 nitrogen and oxygen atoms in total. The maximum Gasteiger partial charge on any atom is 0.437 e. The molecule has 2 aromatic carbocycles. The van der Waals surface area contributed by atoms with Crippen LogP contribution in [0, 0.1) is 5.82 Å². The van der Waals surface area contributed by atoms with Crippen molar-refractivity contribution in [2.24, 2.45) is 0 Å². The molecule has 2 aromatic heterocycles. The summed E-state index contributed by atoms with van der Waals surface area (Å²) in [4.78, 5) is 32.7. The van der Waals surface area contributed by atoms with Crippen LogP contribution in [0.3, 0.4) is 0 Å². The molecule has 0 atom stereocenters. The third-order valence-corrected chi connectivity index (χ3v) is 5.14. The van der Waals surface area contributed by atoms with Crippen LogP contribution < -0.4 is 10.9 Å². The zero-order chi connectivity index (χ0) is 27.1. The second-order valence-electron chi connectivity index (χ2n) is 7.71. The van der Waals surface area contributed by atoms with E-state index in [0.717, 1.165) is 10.9 Å². The Morgan fingerprint density at radius 3 is 2.35 bits per heavy atom. The molecule has 0 aliphatic heterocycles. The van der Waals surface area contributed by atoms with Crippen LogP contribution in [0.4, 0.5) is 36.4 Å². The molecule has 0 saturated heterocycles. The first kappa shape index (κ1) is 25.6. The van der Waals surface area contributed by atoms with Gasteiger partial charge in [-0.1, -0.05) is 18.2 Å². The Bertz CT molecular complexity index is 1540. The number of nitrogens with one attached hydrogen (secondary N) is 1. The summed E-state index contributed by atoms with van der Waals surface area (Å²) in [6, 6.07) is 9.22. The van der Waals surface area contributed by atoms with E-state index in [9.17, 15) is 45.4 Å². The largest absolute Gasteiger partial charge is 0.505 e. The second-order valence-corrected chi connectivity index (χ2v) is 7.71. The smallest absolute Gasteiger partial charge is 0.437 e. The van der Waals surface area contributed by atoms with E-state index in [2.05, 4.69) is 15.3 Å². The first-order valence-corrected chi connectivity index (χ1v) is 10.2. The molecule has 1 amide bonds. The summed E-state index contributed by atoms with van der Waals surface area (Å²) in [5.74, 6) is -4.24. The summed E-state index contributed by atoms with van der Waals surface area (Å²) in [5, 5.41) is 11.4. The molecule has 0 unspecified atom stereocenters. The predicted octanol–water partition coefficient (Wildman–Crippen LogP) is 4.97. The van der Waals surface area contributed by atoms with Crippen LogP contribution in [0.2, 0.25) is 0 Å². The summed E-state index contributed by atoms with van der Waals surface area (Å²) < 4.78 is 93.9. The van der Waals surface area contributed by atoms with Gasteiger partial charge >= 0.3 is 12.4 Å². The van der Waals surface area contributed by atoms with Crippen LogP contribution in [0.1, 0.15) is 27.3 Å². The van der Waals surface area contributed by atoms with E-state index < -0.39 is 52.3 Å². The maximum atomic E-state index is 13.5. The van der Waals surface area contributed by atoms with E-state index in [1.54, 1.807) is 6.07 Å². The Labute approximate surface area is 201 Å². The molecule has 0 spiro atoms. The fourth-order valence-corrected chi connectivity index (χ4v) is 3.50. The number of halogens is 7. The van der Waals surface area contributed by atoms with Crippen LogP contribution in [-0.4, -0.2) is 25.5 Å². The van der Waals surface area contributed by atoms with Gasteiger partial charge in [-0.25, -0.2) is 14.4 Å². The highest BCUT2D eigenvalue weighted by Gasteiger charge is 2.43. The van der Waals surface area contributed by atoms with Gasteiger partial charge in [-0.05, 0) is 35.9 Å². The molecule has 4 rings (SSSR count). The molecule has 0 radical (unpaired) electrons. The number of nitrogens with zero attached hydrogens (tertiary/aromatic N) is 3. The van der Waals surface area contributed by atoms with Gasteiger partial charge < -0.3 is 10.4 Å². The molecule has 0 saturated carbocycles. The van der Waals surface area contributed by atoms with Gasteiger partial charge in [0.15, 0.2) is 11.4 Å². The van der Waals surface area contributed by atoms with E-state index >= 15 is 0 Å². The highest BCUT2D eigenvalue weighted by Crippen LogP contribution is 2.42. The van der Waals surface area contributed by atoms with Crippen LogP contribution in [-0.2, 0) is 18.9 Å². The number of anilines is 1. The minimum absolute atomic E-state index is 0.0362. The monoisotopic (exact) mass is 526 g/mol. The van der Waals surface area contributed by atoms with Gasteiger partial charge in [0.05, 0.1) is 29.5 Å². The number of fused-ring (bicyclic) bond motifs is 1. The third kappa shape index (κ3) is 5.22. The Kier molecular flexibility index (Phi) is 6.35. The van der Waals surface area contributed by atoms with Crippen LogP contribution in [0.5, 0.6) is 5.75 Å². The van der Waals surface area contributed by atoms with Gasteiger partial charge in [0.2, 0.25) is 0 Å². The minimum atomic E-state index is -5.51. The number of aromatic nitrogens is 3. The maximum absolute atomic E-state index is 13.5. The zero-order valence-electron chi connectivity index (χ0n) is 18.2. The van der Waals surface area contributed by atoms with Crippen molar-refractivity contribution in [1.29, 1.82) is 0 Å². The topological polar surface area (TPSA) is 97.1 Å². The van der Waals surface area contributed by atoms with Crippen molar-refractivity contribution in [3.8, 4) is 5.75 Å². The molecule has 14 heteroatoms. The summed E-state index contributed by atoms with van der Waals surface area (Å²) in [6.07, 6.45) is -9.78. The normalized spacial score (nSPS) is 12.1. The van der Waals surface area contributed by atoms with Gasteiger partial charge in [0, 0.05) is 0 Å². The average molecular weight is 526 g/mol. The molecule has 0 aliphatic rings. The predicted molar refractivity (Wildman–Crippen MR) is 115 cm³/mol. The molecular formula is C23H13F7N4O3. The fourth-order valence-electron chi connectivity index (χ4n) is 3.50. The summed E-state index contributed by atoms with van der Waals surface area (Å²) >= 11 is 0. The number of pyridine rings is 1. The molecule has 37 heavy (non-hydrogen) atoms. The van der Waals surface area contributed by atoms with Crippen molar-refractivity contribution in [3.05, 3.63) is 93.5 Å². The van der Waals surface area contributed by atoms with Gasteiger partial charge in [0.25, 0.3) is 11.5 Å². The molecule has 0 bridgehead atoms. The van der Waals surface area contributed by atoms with Crippen molar-refractivity contribution in [1.82, 2.24) is 14.5 Å². The van der Waals surface area contributed by atoms with Crippen LogP contribution in [0.25, 0.3) is 10.9 Å². The number of hydrogen-bond donors (Lipinski definition) is 2. The number of carbonyl (C=O) groups excluding carboxylic acids is 1. The summed E-state index contributed by atoms with van der Waals surface area (Å²) in [5.41, 5.74) is -6.26. The Morgan fingerprint density at radius 2 is 1.70 bits per heavy atom. The Balaban J connectivity index is 1.77. The molecule has 0 fully saturated rings. The molecule has 2 N–H and O–H groups in total. The van der Waals surface area contributed by atoms with Crippen LogP contribution in [0.15, 0.2) is 59.7 Å². The van der Waals surface area contributed by atoms with Gasteiger partial charge in [0.1, 0.15) is 17.1 Å². The lowest BCUT2D eigenvalue weighted by atomic mass is 10.1. The fraction of sp³-hybridized carbons (Fsp3) is 0.130. The lowest BCUT2D eigenvalue weighted by Gasteiger charge is -2.16. The highest BCUT2D eigenvalue weighted by atomic mass is 19.4. The van der Waals surface area contributed by atoms with Crippen molar-refractivity contribution >= 4 is 22.5 Å². The first-order valence-electron chi connectivity index (χ1n) is 10.2. The van der Waals surface area contributed by atoms with E-state index in [1.807, 2.05) is 0 Å². The zero-order valence-corrected chi connectivity index (χ0v) is 18.2. The Morgan fingerprint density at radius 1 is 1.00 bits per heavy atom. The summed E-state index contributed by atoms with van der Waals surface area (Å²) in [6.45, 7) is -0.120. The summed E-state index contributed by atoms with van der Waals surface area (Å²) in [7, 11) is 0. The number of hydrogen-bond acceptors (Lipinski definition) is 5. The van der Waals surface area contributed by atoms with Crippen LogP contribution >= 0.6 is 0 Å². The van der Waals surface area contributed by atoms with Gasteiger partial charge in [-0.15, -0.1) is 0 Å².